The molecule has 11 nitrogen and oxygen atoms in total. The van der Waals surface area contributed by atoms with Crippen molar-refractivity contribution in [3.05, 3.63) is 51.7 Å². The second kappa shape index (κ2) is 8.83. The molecule has 1 saturated heterocycles. The van der Waals surface area contributed by atoms with Gasteiger partial charge in [-0.1, -0.05) is 12.1 Å². The highest BCUT2D eigenvalue weighted by Gasteiger charge is 2.42. The van der Waals surface area contributed by atoms with Gasteiger partial charge in [-0.3, -0.25) is 9.58 Å². The molecule has 1 amide bonds. The quantitative estimate of drug-likeness (QED) is 0.366. The normalized spacial score (nSPS) is 20.4. The number of halogens is 3. The minimum Gasteiger partial charge on any atom is -0.445 e. The number of ether oxygens (including phenoxy) is 2. The van der Waals surface area contributed by atoms with Crippen LogP contribution < -0.4 is 4.74 Å². The van der Waals surface area contributed by atoms with Gasteiger partial charge in [0, 0.05) is 18.1 Å². The zero-order valence-corrected chi connectivity index (χ0v) is 18.1. The predicted octanol–water partition coefficient (Wildman–Crippen LogP) is 2.75. The number of piperazine rings is 1. The average molecular weight is 482 g/mol. The minimum atomic E-state index is -4.38. The Labute approximate surface area is 191 Å². The van der Waals surface area contributed by atoms with Gasteiger partial charge in [-0.15, -0.1) is 0 Å². The smallest absolute Gasteiger partial charge is 0.416 e. The van der Waals surface area contributed by atoms with E-state index in [0.717, 1.165) is 12.1 Å². The number of hydrogen-bond acceptors (Lipinski definition) is 8. The minimum absolute atomic E-state index is 0.0602. The van der Waals surface area contributed by atoms with E-state index in [4.69, 9.17) is 9.47 Å². The lowest BCUT2D eigenvalue weighted by atomic mass is 10.1. The molecule has 0 saturated carbocycles. The summed E-state index contributed by atoms with van der Waals surface area (Å²) in [5, 5.41) is 16.8. The number of hydrogen-bond donors (Lipinski definition) is 0. The lowest BCUT2D eigenvalue weighted by molar-refractivity contribution is -0.389. The number of alkyl halides is 3. The van der Waals surface area contributed by atoms with Crippen molar-refractivity contribution in [3.63, 3.8) is 0 Å². The van der Waals surface area contributed by atoms with E-state index in [9.17, 15) is 28.1 Å². The molecule has 1 aromatic heterocycles. The molecule has 0 radical (unpaired) electrons. The van der Waals surface area contributed by atoms with E-state index >= 15 is 0 Å². The monoisotopic (exact) mass is 482 g/mol. The van der Waals surface area contributed by atoms with Gasteiger partial charge in [0.2, 0.25) is 0 Å². The second-order valence-electron chi connectivity index (χ2n) is 8.18. The van der Waals surface area contributed by atoms with Gasteiger partial charge in [0.1, 0.15) is 12.8 Å². The molecule has 34 heavy (non-hydrogen) atoms. The van der Waals surface area contributed by atoms with Crippen LogP contribution in [0.4, 0.5) is 23.8 Å². The Hall–Kier alpha value is -3.84. The maximum absolute atomic E-state index is 12.6. The van der Waals surface area contributed by atoms with Crippen molar-refractivity contribution < 1.29 is 32.4 Å². The first-order chi connectivity index (χ1) is 16.0. The molecule has 182 valence electrons. The summed E-state index contributed by atoms with van der Waals surface area (Å²) in [6.45, 7) is 3.48. The third-order valence-electron chi connectivity index (χ3n) is 5.38. The van der Waals surface area contributed by atoms with Crippen molar-refractivity contribution in [2.24, 2.45) is 5.10 Å². The third-order valence-corrected chi connectivity index (χ3v) is 5.38. The summed E-state index contributed by atoms with van der Waals surface area (Å²) in [4.78, 5) is 27.9. The fraction of sp³-hybridized carbons (Fsp3) is 0.450. The summed E-state index contributed by atoms with van der Waals surface area (Å²) in [5.41, 5.74) is -1.08. The van der Waals surface area contributed by atoms with Gasteiger partial charge < -0.3 is 24.5 Å². The number of nitro groups is 1. The molecule has 1 fully saturated rings. The van der Waals surface area contributed by atoms with E-state index in [2.05, 4.69) is 10.1 Å². The Morgan fingerprint density at radius 3 is 2.56 bits per heavy atom. The van der Waals surface area contributed by atoms with Crippen molar-refractivity contribution in [2.45, 2.75) is 25.2 Å². The number of hydrazone groups is 1. The summed E-state index contributed by atoms with van der Waals surface area (Å²) >= 11 is 0. The molecule has 0 aliphatic carbocycles. The number of fused-ring (bicyclic) bond motifs is 1. The van der Waals surface area contributed by atoms with Crippen LogP contribution >= 0.6 is 0 Å². The van der Waals surface area contributed by atoms with E-state index in [1.54, 1.807) is 11.9 Å². The number of nitrogens with zero attached hydrogens (tertiary/aromatic N) is 6. The Morgan fingerprint density at radius 1 is 1.29 bits per heavy atom. The van der Waals surface area contributed by atoms with E-state index in [1.807, 2.05) is 0 Å². The summed E-state index contributed by atoms with van der Waals surface area (Å²) < 4.78 is 50.4. The highest BCUT2D eigenvalue weighted by Crippen LogP contribution is 2.31. The number of aromatic nitrogens is 2. The third kappa shape index (κ3) is 5.21. The standard InChI is InChI=1S/C20H21F3N6O5/c1-19(12-27-11-16(29(31)32)25-17(27)34-19)13-33-18(30)26-6-8-28(9-7-26)24-10-14-2-4-15(5-3-14)20(21,22)23/h2-5,10-11H,6-9,12-13H2,1H3/b24-10+/t19-/m1/s1. The van der Waals surface area contributed by atoms with Gasteiger partial charge in [-0.05, 0) is 29.5 Å². The van der Waals surface area contributed by atoms with Crippen LogP contribution in [0.1, 0.15) is 18.1 Å². The molecule has 1 aromatic carbocycles. The molecule has 2 aromatic rings. The molecule has 0 bridgehead atoms. The largest absolute Gasteiger partial charge is 0.445 e. The number of benzene rings is 1. The zero-order chi connectivity index (χ0) is 24.5. The lowest BCUT2D eigenvalue weighted by Gasteiger charge is -2.33. The summed E-state index contributed by atoms with van der Waals surface area (Å²) in [6.07, 6.45) is -2.16. The topological polar surface area (TPSA) is 115 Å². The maximum Gasteiger partial charge on any atom is 0.416 e. The van der Waals surface area contributed by atoms with Gasteiger partial charge in [0.05, 0.1) is 31.4 Å². The molecule has 2 aliphatic heterocycles. The molecule has 0 spiro atoms. The van der Waals surface area contributed by atoms with Gasteiger partial charge in [0.15, 0.2) is 5.60 Å². The Kier molecular flexibility index (Phi) is 6.06. The van der Waals surface area contributed by atoms with Crippen molar-refractivity contribution >= 4 is 18.1 Å². The van der Waals surface area contributed by atoms with Crippen molar-refractivity contribution in [1.82, 2.24) is 19.5 Å². The molecule has 14 heteroatoms. The van der Waals surface area contributed by atoms with Gasteiger partial charge in [-0.2, -0.15) is 18.3 Å². The van der Waals surface area contributed by atoms with Crippen molar-refractivity contribution in [3.8, 4) is 6.01 Å². The average Bonchev–Trinajstić information content (AvgIpc) is 3.32. The number of carbonyl (C=O) groups excluding carboxylic acids is 1. The molecular weight excluding hydrogens is 461 g/mol. The Bertz CT molecular complexity index is 1070. The maximum atomic E-state index is 12.6. The number of rotatable bonds is 5. The molecule has 2 aliphatic rings. The number of imidazole rings is 1. The number of amides is 1. The second-order valence-corrected chi connectivity index (χ2v) is 8.18. The van der Waals surface area contributed by atoms with Crippen LogP contribution in [0.5, 0.6) is 6.01 Å². The van der Waals surface area contributed by atoms with E-state index in [0.29, 0.717) is 31.7 Å². The van der Waals surface area contributed by atoms with Gasteiger partial charge >= 0.3 is 24.1 Å². The summed E-state index contributed by atoms with van der Waals surface area (Å²) in [5.74, 6) is -0.312. The fourth-order valence-electron chi connectivity index (χ4n) is 3.56. The van der Waals surface area contributed by atoms with E-state index < -0.39 is 28.4 Å². The van der Waals surface area contributed by atoms with Crippen LogP contribution in [0.15, 0.2) is 35.6 Å². The van der Waals surface area contributed by atoms with Crippen LogP contribution in [0, 0.1) is 10.1 Å². The van der Waals surface area contributed by atoms with Crippen LogP contribution in [0.3, 0.4) is 0 Å². The van der Waals surface area contributed by atoms with Gasteiger partial charge in [0.25, 0.3) is 0 Å². The summed E-state index contributed by atoms with van der Waals surface area (Å²) in [6, 6.07) is 4.78. The first kappa shape index (κ1) is 23.3. The highest BCUT2D eigenvalue weighted by atomic mass is 19.4. The fourth-order valence-corrected chi connectivity index (χ4v) is 3.56. The summed E-state index contributed by atoms with van der Waals surface area (Å²) in [7, 11) is 0. The molecule has 1 atom stereocenters. The van der Waals surface area contributed by atoms with E-state index in [-0.39, 0.29) is 25.0 Å². The zero-order valence-electron chi connectivity index (χ0n) is 18.1. The SMILES string of the molecule is C[C@]1(COC(=O)N2CCN(/N=C/c3ccc(C(F)(F)F)cc3)CC2)Cn2cc([N+](=O)[O-])nc2O1. The van der Waals surface area contributed by atoms with Crippen LogP contribution in [-0.4, -0.2) is 75.1 Å². The lowest BCUT2D eigenvalue weighted by Crippen LogP contribution is -2.48. The predicted molar refractivity (Wildman–Crippen MR) is 111 cm³/mol. The van der Waals surface area contributed by atoms with Crippen LogP contribution in [-0.2, 0) is 17.5 Å². The first-order valence-electron chi connectivity index (χ1n) is 10.3. The van der Waals surface area contributed by atoms with Gasteiger partial charge in [-0.25, -0.2) is 4.79 Å². The van der Waals surface area contributed by atoms with E-state index in [1.165, 1.54) is 34.0 Å². The van der Waals surface area contributed by atoms with Crippen molar-refractivity contribution in [2.75, 3.05) is 32.8 Å². The Morgan fingerprint density at radius 2 is 1.97 bits per heavy atom. The highest BCUT2D eigenvalue weighted by molar-refractivity contribution is 5.79. The molecule has 3 heterocycles. The molecule has 0 N–H and O–H groups in total. The molecule has 0 unspecified atom stereocenters. The molecule has 4 rings (SSSR count). The van der Waals surface area contributed by atoms with Crippen LogP contribution in [0.25, 0.3) is 0 Å². The Balaban J connectivity index is 1.22. The molecular formula is C20H21F3N6O5. The van der Waals surface area contributed by atoms with Crippen molar-refractivity contribution in [1.29, 1.82) is 0 Å². The number of carbonyl (C=O) groups is 1. The van der Waals surface area contributed by atoms with Crippen LogP contribution in [0.2, 0.25) is 0 Å². The first-order valence-corrected chi connectivity index (χ1v) is 10.3.